The first-order valence-corrected chi connectivity index (χ1v) is 10.7. The van der Waals surface area contributed by atoms with Crippen molar-refractivity contribution < 1.29 is 23.8 Å². The second-order valence-electron chi connectivity index (χ2n) is 7.60. The predicted molar refractivity (Wildman–Crippen MR) is 127 cm³/mol. The fourth-order valence-electron chi connectivity index (χ4n) is 3.88. The van der Waals surface area contributed by atoms with Gasteiger partial charge in [-0.25, -0.2) is 0 Å². The standard InChI is InChI=1S/C26H26N2O5/c1-31-22-11-6-12-23(32-2)25(22)26(30)27-19-13-14-21-20(16-19)28(24(29)17-33-21)15-7-10-18-8-4-3-5-9-18/h3-6,8-9,11-14,16H,7,10,15,17H2,1-2H3,(H,27,30). The van der Waals surface area contributed by atoms with Gasteiger partial charge in [0.2, 0.25) is 0 Å². The van der Waals surface area contributed by atoms with Crippen LogP contribution >= 0.6 is 0 Å². The van der Waals surface area contributed by atoms with E-state index in [0.717, 1.165) is 12.8 Å². The second-order valence-corrected chi connectivity index (χ2v) is 7.60. The molecule has 0 radical (unpaired) electrons. The average Bonchev–Trinajstić information content (AvgIpc) is 2.85. The normalized spacial score (nSPS) is 12.5. The summed E-state index contributed by atoms with van der Waals surface area (Å²) in [5.74, 6) is 0.951. The van der Waals surface area contributed by atoms with Gasteiger partial charge in [0.15, 0.2) is 6.61 Å². The molecular formula is C26H26N2O5. The van der Waals surface area contributed by atoms with Crippen molar-refractivity contribution in [1.29, 1.82) is 0 Å². The van der Waals surface area contributed by atoms with Gasteiger partial charge in [-0.2, -0.15) is 0 Å². The third-order valence-corrected chi connectivity index (χ3v) is 5.50. The van der Waals surface area contributed by atoms with E-state index >= 15 is 0 Å². The molecule has 7 nitrogen and oxygen atoms in total. The molecule has 0 atom stereocenters. The smallest absolute Gasteiger partial charge is 0.265 e. The lowest BCUT2D eigenvalue weighted by atomic mass is 10.1. The number of benzene rings is 3. The van der Waals surface area contributed by atoms with E-state index in [-0.39, 0.29) is 18.4 Å². The maximum Gasteiger partial charge on any atom is 0.265 e. The zero-order valence-corrected chi connectivity index (χ0v) is 18.7. The van der Waals surface area contributed by atoms with Crippen LogP contribution < -0.4 is 24.4 Å². The van der Waals surface area contributed by atoms with Crippen molar-refractivity contribution in [2.75, 3.05) is 37.6 Å². The number of hydrogen-bond donors (Lipinski definition) is 1. The lowest BCUT2D eigenvalue weighted by molar-refractivity contribution is -0.121. The van der Waals surface area contributed by atoms with E-state index in [2.05, 4.69) is 17.4 Å². The first-order valence-electron chi connectivity index (χ1n) is 10.7. The molecule has 0 saturated carbocycles. The van der Waals surface area contributed by atoms with Gasteiger partial charge in [0.1, 0.15) is 22.8 Å². The van der Waals surface area contributed by atoms with Gasteiger partial charge in [-0.1, -0.05) is 36.4 Å². The van der Waals surface area contributed by atoms with E-state index in [0.29, 0.717) is 40.7 Å². The Morgan fingerprint density at radius 1 is 1.00 bits per heavy atom. The van der Waals surface area contributed by atoms with Crippen LogP contribution in [0.15, 0.2) is 66.7 Å². The second kappa shape index (κ2) is 10.1. The summed E-state index contributed by atoms with van der Waals surface area (Å²) < 4.78 is 16.3. The van der Waals surface area contributed by atoms with Gasteiger partial charge in [-0.15, -0.1) is 0 Å². The topological polar surface area (TPSA) is 77.1 Å². The van der Waals surface area contributed by atoms with Crippen molar-refractivity contribution in [1.82, 2.24) is 0 Å². The summed E-state index contributed by atoms with van der Waals surface area (Å²) in [6.45, 7) is 0.560. The predicted octanol–water partition coefficient (Wildman–Crippen LogP) is 4.31. The summed E-state index contributed by atoms with van der Waals surface area (Å²) in [5.41, 5.74) is 2.71. The maximum atomic E-state index is 13.0. The molecule has 4 rings (SSSR count). The number of nitrogens with zero attached hydrogens (tertiary/aromatic N) is 1. The van der Waals surface area contributed by atoms with E-state index in [1.807, 2.05) is 18.2 Å². The summed E-state index contributed by atoms with van der Waals surface area (Å²) in [5, 5.41) is 2.88. The van der Waals surface area contributed by atoms with Gasteiger partial charge in [0, 0.05) is 12.2 Å². The zero-order chi connectivity index (χ0) is 23.2. The number of ether oxygens (including phenoxy) is 3. The quantitative estimate of drug-likeness (QED) is 0.558. The summed E-state index contributed by atoms with van der Waals surface area (Å²) in [6.07, 6.45) is 1.68. The Balaban J connectivity index is 1.53. The Morgan fingerprint density at radius 2 is 1.73 bits per heavy atom. The number of methoxy groups -OCH3 is 2. The van der Waals surface area contributed by atoms with Crippen molar-refractivity contribution in [3.05, 3.63) is 77.9 Å². The molecule has 3 aromatic rings. The number of aryl methyl sites for hydroxylation is 1. The number of nitrogens with one attached hydrogen (secondary N) is 1. The van der Waals surface area contributed by atoms with Gasteiger partial charge in [-0.05, 0) is 48.7 Å². The van der Waals surface area contributed by atoms with Gasteiger partial charge in [0.25, 0.3) is 11.8 Å². The molecular weight excluding hydrogens is 420 g/mol. The Hall–Kier alpha value is -4.00. The van der Waals surface area contributed by atoms with Crippen molar-refractivity contribution in [3.63, 3.8) is 0 Å². The zero-order valence-electron chi connectivity index (χ0n) is 18.7. The van der Waals surface area contributed by atoms with Gasteiger partial charge in [-0.3, -0.25) is 9.59 Å². The number of carbonyl (C=O) groups excluding carboxylic acids is 2. The molecule has 2 amide bonds. The summed E-state index contributed by atoms with van der Waals surface area (Å²) in [6, 6.07) is 20.6. The molecule has 1 aliphatic rings. The molecule has 0 fully saturated rings. The van der Waals surface area contributed by atoms with Crippen LogP contribution in [-0.2, 0) is 11.2 Å². The number of rotatable bonds is 8. The lowest BCUT2D eigenvalue weighted by Gasteiger charge is -2.30. The molecule has 0 aliphatic carbocycles. The number of hydrogen-bond acceptors (Lipinski definition) is 5. The Labute approximate surface area is 192 Å². The van der Waals surface area contributed by atoms with Crippen molar-refractivity contribution in [3.8, 4) is 17.2 Å². The summed E-state index contributed by atoms with van der Waals surface area (Å²) in [4.78, 5) is 27.4. The summed E-state index contributed by atoms with van der Waals surface area (Å²) >= 11 is 0. The van der Waals surface area contributed by atoms with E-state index in [9.17, 15) is 9.59 Å². The molecule has 0 unspecified atom stereocenters. The Kier molecular flexibility index (Phi) is 6.78. The maximum absolute atomic E-state index is 13.0. The van der Waals surface area contributed by atoms with E-state index in [1.165, 1.54) is 19.8 Å². The molecule has 3 aromatic carbocycles. The number of anilines is 2. The van der Waals surface area contributed by atoms with Crippen molar-refractivity contribution in [2.24, 2.45) is 0 Å². The summed E-state index contributed by atoms with van der Waals surface area (Å²) in [7, 11) is 3.00. The number of fused-ring (bicyclic) bond motifs is 1. The van der Waals surface area contributed by atoms with Crippen molar-refractivity contribution >= 4 is 23.2 Å². The third-order valence-electron chi connectivity index (χ3n) is 5.50. The molecule has 0 saturated heterocycles. The van der Waals surface area contributed by atoms with E-state index in [1.54, 1.807) is 41.3 Å². The minimum Gasteiger partial charge on any atom is -0.496 e. The first-order chi connectivity index (χ1) is 16.1. The molecule has 1 N–H and O–H groups in total. The highest BCUT2D eigenvalue weighted by Gasteiger charge is 2.26. The fourth-order valence-corrected chi connectivity index (χ4v) is 3.88. The number of amides is 2. The fraction of sp³-hybridized carbons (Fsp3) is 0.231. The van der Waals surface area contributed by atoms with Crippen LogP contribution in [0, 0.1) is 0 Å². The first kappa shape index (κ1) is 22.2. The molecule has 1 heterocycles. The molecule has 1 aliphatic heterocycles. The van der Waals surface area contributed by atoms with Crippen molar-refractivity contribution in [2.45, 2.75) is 12.8 Å². The highest BCUT2D eigenvalue weighted by molar-refractivity contribution is 6.09. The highest BCUT2D eigenvalue weighted by atomic mass is 16.5. The monoisotopic (exact) mass is 446 g/mol. The minimum absolute atomic E-state index is 0.00244. The van der Waals surface area contributed by atoms with E-state index < -0.39 is 0 Å². The average molecular weight is 447 g/mol. The molecule has 170 valence electrons. The Morgan fingerprint density at radius 3 is 2.42 bits per heavy atom. The SMILES string of the molecule is COc1cccc(OC)c1C(=O)Nc1ccc2c(c1)N(CCCc1ccccc1)C(=O)CO2. The molecule has 7 heteroatoms. The van der Waals surface area contributed by atoms with E-state index in [4.69, 9.17) is 14.2 Å². The number of carbonyl (C=O) groups is 2. The molecule has 0 aromatic heterocycles. The highest BCUT2D eigenvalue weighted by Crippen LogP contribution is 2.36. The molecule has 33 heavy (non-hydrogen) atoms. The third kappa shape index (κ3) is 4.92. The Bertz CT molecular complexity index is 1120. The van der Waals surface area contributed by atoms with Gasteiger partial charge in [0.05, 0.1) is 19.9 Å². The van der Waals surface area contributed by atoms with Crippen LogP contribution in [0.3, 0.4) is 0 Å². The molecule has 0 bridgehead atoms. The van der Waals surface area contributed by atoms with Crippen LogP contribution in [-0.4, -0.2) is 39.2 Å². The minimum atomic E-state index is -0.372. The molecule has 0 spiro atoms. The van der Waals surface area contributed by atoms with Crippen LogP contribution in [0.1, 0.15) is 22.3 Å². The van der Waals surface area contributed by atoms with Crippen LogP contribution in [0.4, 0.5) is 11.4 Å². The van der Waals surface area contributed by atoms with Gasteiger partial charge < -0.3 is 24.4 Å². The largest absolute Gasteiger partial charge is 0.496 e. The van der Waals surface area contributed by atoms with Crippen LogP contribution in [0.5, 0.6) is 17.2 Å². The van der Waals surface area contributed by atoms with Gasteiger partial charge >= 0.3 is 0 Å². The van der Waals surface area contributed by atoms with Crippen LogP contribution in [0.2, 0.25) is 0 Å². The lowest BCUT2D eigenvalue weighted by Crippen LogP contribution is -2.39. The van der Waals surface area contributed by atoms with Crippen LogP contribution in [0.25, 0.3) is 0 Å².